The minimum Gasteiger partial charge on any atom is -0.484 e. The highest BCUT2D eigenvalue weighted by Gasteiger charge is 2.39. The van der Waals surface area contributed by atoms with Crippen molar-refractivity contribution in [3.05, 3.63) is 53.7 Å². The van der Waals surface area contributed by atoms with Gasteiger partial charge in [0.2, 0.25) is 5.91 Å². The van der Waals surface area contributed by atoms with Crippen LogP contribution < -0.4 is 9.47 Å². The fourth-order valence-electron chi connectivity index (χ4n) is 4.64. The molecule has 0 radical (unpaired) electrons. The van der Waals surface area contributed by atoms with Gasteiger partial charge in [-0.1, -0.05) is 24.3 Å². The van der Waals surface area contributed by atoms with Crippen LogP contribution in [-0.2, 0) is 11.3 Å². The highest BCUT2D eigenvalue weighted by Crippen LogP contribution is 2.34. The lowest BCUT2D eigenvalue weighted by Gasteiger charge is -2.51. The number of rotatable bonds is 3. The monoisotopic (exact) mass is 379 g/mol. The standard InChI is InChI=1S/C22H25N3O3/c1-15(26)25-13-18-8-9-19(25)12-24(18)11-16-4-6-17(7-5-16)21-14-27-20-3-2-10-23-22(20)28-21/h2-7,10,18-19,21H,8-9,11-14H2,1H3/t18-,19?,21?/m0/s1. The lowest BCUT2D eigenvalue weighted by atomic mass is 9.90. The van der Waals surface area contributed by atoms with Crippen molar-refractivity contribution in [2.45, 2.75) is 44.5 Å². The summed E-state index contributed by atoms with van der Waals surface area (Å²) >= 11 is 0. The zero-order chi connectivity index (χ0) is 19.1. The Morgan fingerprint density at radius 2 is 1.96 bits per heavy atom. The van der Waals surface area contributed by atoms with E-state index in [1.807, 2.05) is 12.1 Å². The molecule has 3 fully saturated rings. The molecule has 3 atom stereocenters. The van der Waals surface area contributed by atoms with Crippen LogP contribution in [0, 0.1) is 0 Å². The highest BCUT2D eigenvalue weighted by molar-refractivity contribution is 5.74. The van der Waals surface area contributed by atoms with Gasteiger partial charge in [-0.25, -0.2) is 4.98 Å². The van der Waals surface area contributed by atoms with Gasteiger partial charge in [-0.05, 0) is 36.1 Å². The molecule has 1 aromatic carbocycles. The Labute approximate surface area is 165 Å². The molecule has 6 rings (SSSR count). The normalized spacial score (nSPS) is 26.3. The largest absolute Gasteiger partial charge is 0.484 e. The smallest absolute Gasteiger partial charge is 0.257 e. The molecule has 3 saturated heterocycles. The number of amides is 1. The van der Waals surface area contributed by atoms with E-state index in [1.54, 1.807) is 13.1 Å². The maximum atomic E-state index is 11.8. The first kappa shape index (κ1) is 17.5. The van der Waals surface area contributed by atoms with Crippen molar-refractivity contribution in [1.29, 1.82) is 0 Å². The number of ether oxygens (including phenoxy) is 2. The Balaban J connectivity index is 1.24. The summed E-state index contributed by atoms with van der Waals surface area (Å²) in [5, 5.41) is 0. The van der Waals surface area contributed by atoms with Gasteiger partial charge in [-0.15, -0.1) is 0 Å². The van der Waals surface area contributed by atoms with Gasteiger partial charge in [0.25, 0.3) is 5.88 Å². The summed E-state index contributed by atoms with van der Waals surface area (Å²) in [5.74, 6) is 1.47. The molecule has 6 nitrogen and oxygen atoms in total. The average Bonchev–Trinajstić information content (AvgIpc) is 2.74. The van der Waals surface area contributed by atoms with Gasteiger partial charge in [-0.2, -0.15) is 0 Å². The number of hydrogen-bond acceptors (Lipinski definition) is 5. The number of fused-ring (bicyclic) bond motifs is 4. The Morgan fingerprint density at radius 3 is 2.71 bits per heavy atom. The number of pyridine rings is 1. The molecular formula is C22H25N3O3. The Hall–Kier alpha value is -2.60. The molecule has 1 aromatic heterocycles. The van der Waals surface area contributed by atoms with E-state index >= 15 is 0 Å². The molecule has 0 aliphatic carbocycles. The van der Waals surface area contributed by atoms with E-state index in [-0.39, 0.29) is 12.0 Å². The molecule has 6 heteroatoms. The number of carbonyl (C=O) groups excluding carboxylic acids is 1. The van der Waals surface area contributed by atoms with Crippen LogP contribution in [0.3, 0.4) is 0 Å². The van der Waals surface area contributed by atoms with Crippen LogP contribution in [-0.4, -0.2) is 52.5 Å². The minimum atomic E-state index is -0.133. The first-order valence-corrected chi connectivity index (χ1v) is 10.0. The number of hydrogen-bond donors (Lipinski definition) is 0. The van der Waals surface area contributed by atoms with Crippen molar-refractivity contribution in [3.63, 3.8) is 0 Å². The van der Waals surface area contributed by atoms with Crippen LogP contribution in [0.15, 0.2) is 42.6 Å². The maximum absolute atomic E-state index is 11.8. The second-order valence-electron chi connectivity index (χ2n) is 7.95. The first-order chi connectivity index (χ1) is 13.7. The molecule has 1 amide bonds. The average molecular weight is 379 g/mol. The molecular weight excluding hydrogens is 354 g/mol. The molecule has 28 heavy (non-hydrogen) atoms. The van der Waals surface area contributed by atoms with Crippen molar-refractivity contribution in [3.8, 4) is 11.6 Å². The predicted octanol–water partition coefficient (Wildman–Crippen LogP) is 2.79. The maximum Gasteiger partial charge on any atom is 0.257 e. The summed E-state index contributed by atoms with van der Waals surface area (Å²) in [6, 6.07) is 13.2. The van der Waals surface area contributed by atoms with Gasteiger partial charge < -0.3 is 14.4 Å². The highest BCUT2D eigenvalue weighted by atomic mass is 16.6. The molecule has 0 N–H and O–H groups in total. The zero-order valence-electron chi connectivity index (χ0n) is 16.1. The van der Waals surface area contributed by atoms with Crippen molar-refractivity contribution in [2.75, 3.05) is 19.7 Å². The summed E-state index contributed by atoms with van der Waals surface area (Å²) < 4.78 is 11.8. The lowest BCUT2D eigenvalue weighted by Crippen LogP contribution is -2.63. The van der Waals surface area contributed by atoms with Crippen LogP contribution in [0.5, 0.6) is 11.6 Å². The van der Waals surface area contributed by atoms with Gasteiger partial charge in [0, 0.05) is 44.8 Å². The van der Waals surface area contributed by atoms with E-state index in [9.17, 15) is 4.79 Å². The molecule has 2 bridgehead atoms. The van der Waals surface area contributed by atoms with Gasteiger partial charge in [0.05, 0.1) is 0 Å². The number of carbonyl (C=O) groups is 1. The van der Waals surface area contributed by atoms with Crippen molar-refractivity contribution in [1.82, 2.24) is 14.8 Å². The van der Waals surface area contributed by atoms with Crippen LogP contribution >= 0.6 is 0 Å². The molecule has 4 aliphatic heterocycles. The van der Waals surface area contributed by atoms with E-state index < -0.39 is 0 Å². The summed E-state index contributed by atoms with van der Waals surface area (Å²) in [5.41, 5.74) is 2.39. The molecule has 0 spiro atoms. The number of nitrogens with zero attached hydrogens (tertiary/aromatic N) is 3. The van der Waals surface area contributed by atoms with Gasteiger partial charge in [0.15, 0.2) is 11.9 Å². The summed E-state index contributed by atoms with van der Waals surface area (Å²) in [4.78, 5) is 20.6. The van der Waals surface area contributed by atoms with Crippen molar-refractivity contribution < 1.29 is 14.3 Å². The molecule has 5 heterocycles. The van der Waals surface area contributed by atoms with Gasteiger partial charge in [-0.3, -0.25) is 9.69 Å². The fraction of sp³-hybridized carbons (Fsp3) is 0.455. The Morgan fingerprint density at radius 1 is 1.14 bits per heavy atom. The summed E-state index contributed by atoms with van der Waals surface area (Å²) in [7, 11) is 0. The Bertz CT molecular complexity index is 870. The third-order valence-electron chi connectivity index (χ3n) is 6.16. The van der Waals surface area contributed by atoms with E-state index in [0.29, 0.717) is 30.3 Å². The number of benzene rings is 1. The van der Waals surface area contributed by atoms with E-state index in [1.165, 1.54) is 12.0 Å². The van der Waals surface area contributed by atoms with Crippen LogP contribution in [0.2, 0.25) is 0 Å². The molecule has 4 aliphatic rings. The topological polar surface area (TPSA) is 54.9 Å². The zero-order valence-corrected chi connectivity index (χ0v) is 16.1. The second kappa shape index (κ2) is 7.09. The summed E-state index contributed by atoms with van der Waals surface area (Å²) in [6.45, 7) is 4.97. The summed E-state index contributed by atoms with van der Waals surface area (Å²) in [6.07, 6.45) is 3.90. The molecule has 2 aromatic rings. The third kappa shape index (κ3) is 3.22. The van der Waals surface area contributed by atoms with E-state index in [2.05, 4.69) is 39.0 Å². The van der Waals surface area contributed by atoms with Gasteiger partial charge in [0.1, 0.15) is 6.61 Å². The Kier molecular flexibility index (Phi) is 4.43. The molecule has 0 saturated carbocycles. The second-order valence-corrected chi connectivity index (χ2v) is 7.95. The fourth-order valence-corrected chi connectivity index (χ4v) is 4.64. The van der Waals surface area contributed by atoms with Gasteiger partial charge >= 0.3 is 0 Å². The molecule has 146 valence electrons. The van der Waals surface area contributed by atoms with Crippen LogP contribution in [0.1, 0.15) is 37.0 Å². The van der Waals surface area contributed by atoms with E-state index in [4.69, 9.17) is 9.47 Å². The quantitative estimate of drug-likeness (QED) is 0.821. The van der Waals surface area contributed by atoms with E-state index in [0.717, 1.165) is 31.6 Å². The SMILES string of the molecule is CC(=O)N1C[C@@H]2CCC1CN2Cc1ccc(C2COc3cccnc3O2)cc1. The van der Waals surface area contributed by atoms with Crippen molar-refractivity contribution in [2.24, 2.45) is 0 Å². The number of piperidine rings is 2. The lowest BCUT2D eigenvalue weighted by molar-refractivity contribution is -0.139. The van der Waals surface area contributed by atoms with Crippen LogP contribution in [0.4, 0.5) is 0 Å². The first-order valence-electron chi connectivity index (χ1n) is 10.0. The predicted molar refractivity (Wildman–Crippen MR) is 104 cm³/mol. The van der Waals surface area contributed by atoms with Crippen molar-refractivity contribution >= 4 is 5.91 Å². The minimum absolute atomic E-state index is 0.133. The number of aromatic nitrogens is 1. The van der Waals surface area contributed by atoms with Crippen LogP contribution in [0.25, 0.3) is 0 Å². The molecule has 2 unspecified atom stereocenters. The number of piperazine rings is 1. The third-order valence-corrected chi connectivity index (χ3v) is 6.16.